The highest BCUT2D eigenvalue weighted by Gasteiger charge is 2.41. The van der Waals surface area contributed by atoms with Crippen molar-refractivity contribution in [3.05, 3.63) is 41.0 Å². The molecular weight excluding hydrogens is 466 g/mol. The molecule has 190 valence electrons. The first-order valence-corrected chi connectivity index (χ1v) is 11.4. The number of nitriles is 1. The van der Waals surface area contributed by atoms with E-state index in [9.17, 15) is 14.9 Å². The molecule has 2 atom stereocenters. The number of benzene rings is 2. The molecule has 1 aliphatic rings. The molecule has 0 aliphatic heterocycles. The van der Waals surface area contributed by atoms with Crippen LogP contribution in [-0.4, -0.2) is 53.6 Å². The van der Waals surface area contributed by atoms with Crippen LogP contribution in [-0.2, 0) is 19.1 Å². The molecule has 36 heavy (non-hydrogen) atoms. The van der Waals surface area contributed by atoms with Crippen molar-refractivity contribution in [2.75, 3.05) is 41.7 Å². The highest BCUT2D eigenvalue weighted by atomic mass is 16.5. The summed E-state index contributed by atoms with van der Waals surface area (Å²) in [6.45, 7) is 3.52. The van der Waals surface area contributed by atoms with Crippen LogP contribution in [0.3, 0.4) is 0 Å². The summed E-state index contributed by atoms with van der Waals surface area (Å²) in [5.74, 6) is -2.06. The summed E-state index contributed by atoms with van der Waals surface area (Å²) < 4.78 is 32.6. The Morgan fingerprint density at radius 1 is 0.833 bits per heavy atom. The van der Waals surface area contributed by atoms with E-state index in [1.165, 1.54) is 28.4 Å². The Balaban J connectivity index is 2.48. The van der Waals surface area contributed by atoms with E-state index in [4.69, 9.17) is 28.4 Å². The van der Waals surface area contributed by atoms with Gasteiger partial charge < -0.3 is 28.4 Å². The number of methoxy groups -OCH3 is 4. The van der Waals surface area contributed by atoms with Gasteiger partial charge in [-0.15, -0.1) is 0 Å². The second kappa shape index (κ2) is 11.5. The standard InChI is InChI=1S/C27H29NO8/c1-7-35-26(29)19-9-15-10-21(31-3)22(32-4)11-16(15)17-12-23(33-5)24(34-6)13-18(17)25(19)20(14-28)27(30)36-8-2/h9-13,20,25H,7-8H2,1-6H3/t20?,25-/m1/s1. The number of carbonyl (C=O) groups is 2. The van der Waals surface area contributed by atoms with Crippen molar-refractivity contribution in [2.45, 2.75) is 19.8 Å². The fourth-order valence-electron chi connectivity index (χ4n) is 4.31. The predicted octanol–water partition coefficient (Wildman–Crippen LogP) is 4.13. The number of nitrogens with zero attached hydrogens (tertiary/aromatic N) is 1. The fraction of sp³-hybridized carbons (Fsp3) is 0.370. The van der Waals surface area contributed by atoms with Crippen LogP contribution < -0.4 is 18.9 Å². The van der Waals surface area contributed by atoms with E-state index in [-0.39, 0.29) is 18.8 Å². The molecule has 2 aromatic rings. The Hall–Kier alpha value is -4.19. The number of hydrogen-bond acceptors (Lipinski definition) is 9. The van der Waals surface area contributed by atoms with Crippen LogP contribution in [0.25, 0.3) is 17.2 Å². The van der Waals surface area contributed by atoms with Crippen molar-refractivity contribution in [1.29, 1.82) is 5.26 Å². The molecule has 0 aromatic heterocycles. The molecule has 0 bridgehead atoms. The molecular formula is C27H29NO8. The summed E-state index contributed by atoms with van der Waals surface area (Å²) in [5.41, 5.74) is 2.52. The first-order chi connectivity index (χ1) is 17.4. The fourth-order valence-corrected chi connectivity index (χ4v) is 4.31. The van der Waals surface area contributed by atoms with Crippen molar-refractivity contribution in [3.8, 4) is 40.2 Å². The lowest BCUT2D eigenvalue weighted by atomic mass is 9.79. The highest BCUT2D eigenvalue weighted by Crippen LogP contribution is 2.49. The Kier molecular flexibility index (Phi) is 8.43. The number of fused-ring (bicyclic) bond motifs is 3. The van der Waals surface area contributed by atoms with Crippen molar-refractivity contribution >= 4 is 18.0 Å². The first kappa shape index (κ1) is 26.4. The van der Waals surface area contributed by atoms with Crippen LogP contribution in [0.4, 0.5) is 0 Å². The number of hydrogen-bond donors (Lipinski definition) is 0. The summed E-state index contributed by atoms with van der Waals surface area (Å²) in [5, 5.41) is 10.1. The van der Waals surface area contributed by atoms with E-state index < -0.39 is 23.8 Å². The normalized spacial score (nSPS) is 14.6. The second-order valence-corrected chi connectivity index (χ2v) is 7.75. The Morgan fingerprint density at radius 2 is 1.36 bits per heavy atom. The molecule has 0 heterocycles. The van der Waals surface area contributed by atoms with E-state index in [1.54, 1.807) is 44.2 Å². The quantitative estimate of drug-likeness (QED) is 0.474. The van der Waals surface area contributed by atoms with Gasteiger partial charge >= 0.3 is 11.9 Å². The number of rotatable bonds is 9. The van der Waals surface area contributed by atoms with Crippen LogP contribution in [0.2, 0.25) is 0 Å². The highest BCUT2D eigenvalue weighted by molar-refractivity contribution is 6.01. The van der Waals surface area contributed by atoms with E-state index >= 15 is 0 Å². The minimum atomic E-state index is -1.34. The van der Waals surface area contributed by atoms with Gasteiger partial charge in [-0.1, -0.05) is 0 Å². The third kappa shape index (κ3) is 4.80. The van der Waals surface area contributed by atoms with Gasteiger partial charge in [-0.25, -0.2) is 4.79 Å². The van der Waals surface area contributed by atoms with Gasteiger partial charge in [-0.2, -0.15) is 5.26 Å². The largest absolute Gasteiger partial charge is 0.493 e. The van der Waals surface area contributed by atoms with Crippen LogP contribution in [0.15, 0.2) is 29.8 Å². The predicted molar refractivity (Wildman–Crippen MR) is 131 cm³/mol. The minimum Gasteiger partial charge on any atom is -0.493 e. The zero-order chi connectivity index (χ0) is 26.4. The lowest BCUT2D eigenvalue weighted by molar-refractivity contribution is -0.146. The van der Waals surface area contributed by atoms with Crippen molar-refractivity contribution in [1.82, 2.24) is 0 Å². The van der Waals surface area contributed by atoms with Crippen molar-refractivity contribution < 1.29 is 38.0 Å². The molecule has 0 saturated carbocycles. The van der Waals surface area contributed by atoms with Gasteiger partial charge in [0, 0.05) is 11.5 Å². The monoisotopic (exact) mass is 495 g/mol. The van der Waals surface area contributed by atoms with Gasteiger partial charge in [0.2, 0.25) is 0 Å². The molecule has 1 aliphatic carbocycles. The summed E-state index contributed by atoms with van der Waals surface area (Å²) in [7, 11) is 6.01. The summed E-state index contributed by atoms with van der Waals surface area (Å²) in [6.07, 6.45) is 1.61. The van der Waals surface area contributed by atoms with Gasteiger partial charge in [0.05, 0.1) is 47.7 Å². The van der Waals surface area contributed by atoms with Gasteiger partial charge in [0.15, 0.2) is 28.9 Å². The summed E-state index contributed by atoms with van der Waals surface area (Å²) in [6, 6.07) is 8.95. The zero-order valence-corrected chi connectivity index (χ0v) is 21.2. The Morgan fingerprint density at radius 3 is 1.89 bits per heavy atom. The van der Waals surface area contributed by atoms with Gasteiger partial charge in [0.25, 0.3) is 0 Å². The molecule has 2 aromatic carbocycles. The van der Waals surface area contributed by atoms with E-state index in [0.717, 1.165) is 0 Å². The maximum Gasteiger partial charge on any atom is 0.334 e. The molecule has 9 nitrogen and oxygen atoms in total. The lowest BCUT2D eigenvalue weighted by Gasteiger charge is -2.25. The number of carbonyl (C=O) groups excluding carboxylic acids is 2. The third-order valence-corrected chi connectivity index (χ3v) is 5.91. The summed E-state index contributed by atoms with van der Waals surface area (Å²) >= 11 is 0. The lowest BCUT2D eigenvalue weighted by Crippen LogP contribution is -2.28. The molecule has 9 heteroatoms. The minimum absolute atomic E-state index is 0.0790. The van der Waals surface area contributed by atoms with Crippen LogP contribution in [0.5, 0.6) is 23.0 Å². The van der Waals surface area contributed by atoms with Crippen molar-refractivity contribution in [2.24, 2.45) is 5.92 Å². The topological polar surface area (TPSA) is 113 Å². The molecule has 0 fully saturated rings. The van der Waals surface area contributed by atoms with E-state index in [0.29, 0.717) is 45.3 Å². The summed E-state index contributed by atoms with van der Waals surface area (Å²) in [4.78, 5) is 26.2. The van der Waals surface area contributed by atoms with Crippen LogP contribution in [0, 0.1) is 17.2 Å². The molecule has 0 radical (unpaired) electrons. The molecule has 1 unspecified atom stereocenters. The average molecular weight is 496 g/mol. The molecule has 3 rings (SSSR count). The van der Waals surface area contributed by atoms with Crippen LogP contribution >= 0.6 is 0 Å². The SMILES string of the molecule is CCOC(=O)C1=Cc2cc(OC)c(OC)cc2-c2cc(OC)c(OC)cc2[C@H]1C(C#N)C(=O)OCC. The van der Waals surface area contributed by atoms with E-state index in [1.807, 2.05) is 6.07 Å². The first-order valence-electron chi connectivity index (χ1n) is 11.4. The van der Waals surface area contributed by atoms with Crippen molar-refractivity contribution in [3.63, 3.8) is 0 Å². The maximum atomic E-state index is 13.3. The van der Waals surface area contributed by atoms with E-state index in [2.05, 4.69) is 0 Å². The molecule has 0 saturated heterocycles. The third-order valence-electron chi connectivity index (χ3n) is 5.91. The van der Waals surface area contributed by atoms with Gasteiger partial charge in [-0.05, 0) is 66.4 Å². The molecule has 0 amide bonds. The van der Waals surface area contributed by atoms with Crippen LogP contribution in [0.1, 0.15) is 30.9 Å². The molecule has 0 N–H and O–H groups in total. The zero-order valence-electron chi connectivity index (χ0n) is 21.2. The average Bonchev–Trinajstić information content (AvgIpc) is 3.02. The second-order valence-electron chi connectivity index (χ2n) is 7.75. The number of ether oxygens (including phenoxy) is 6. The Bertz CT molecular complexity index is 1230. The van der Waals surface area contributed by atoms with Gasteiger partial charge in [-0.3, -0.25) is 4.79 Å². The maximum absolute atomic E-state index is 13.3. The van der Waals surface area contributed by atoms with Gasteiger partial charge in [0.1, 0.15) is 0 Å². The smallest absolute Gasteiger partial charge is 0.334 e. The number of esters is 2. The Labute approximate surface area is 210 Å². The molecule has 0 spiro atoms.